The number of nitriles is 4. The van der Waals surface area contributed by atoms with E-state index in [0.717, 1.165) is 16.7 Å². The molecule has 0 aliphatic heterocycles. The van der Waals surface area contributed by atoms with Crippen LogP contribution in [-0.2, 0) is 0 Å². The maximum atomic E-state index is 15.3. The first-order valence-electron chi connectivity index (χ1n) is 12.1. The van der Waals surface area contributed by atoms with Crippen molar-refractivity contribution in [2.45, 2.75) is 6.92 Å². The zero-order valence-corrected chi connectivity index (χ0v) is 21.0. The van der Waals surface area contributed by atoms with Crippen LogP contribution in [0.5, 0.6) is 0 Å². The molecule has 0 spiro atoms. The van der Waals surface area contributed by atoms with Gasteiger partial charge in [0.2, 0.25) is 0 Å². The van der Waals surface area contributed by atoms with Crippen molar-refractivity contribution < 1.29 is 17.6 Å². The van der Waals surface area contributed by atoms with Crippen LogP contribution in [0, 0.1) is 75.5 Å². The van der Waals surface area contributed by atoms with Gasteiger partial charge in [-0.05, 0) is 69.6 Å². The summed E-state index contributed by atoms with van der Waals surface area (Å²) in [6, 6.07) is 23.0. The number of rotatable bonds is 1. The largest absolute Gasteiger partial charge is 0.203 e. The summed E-state index contributed by atoms with van der Waals surface area (Å²) < 4.78 is 59.2. The van der Waals surface area contributed by atoms with Crippen molar-refractivity contribution in [3.05, 3.63) is 117 Å². The van der Waals surface area contributed by atoms with Gasteiger partial charge in [0, 0.05) is 22.3 Å². The second-order valence-corrected chi connectivity index (χ2v) is 9.53. The minimum absolute atomic E-state index is 0.0186. The Hall–Kier alpha value is -5.96. The molecule has 0 fully saturated rings. The van der Waals surface area contributed by atoms with Crippen LogP contribution in [-0.4, -0.2) is 0 Å². The van der Waals surface area contributed by atoms with Gasteiger partial charge < -0.3 is 0 Å². The third-order valence-electron chi connectivity index (χ3n) is 7.36. The van der Waals surface area contributed by atoms with Gasteiger partial charge in [-0.15, -0.1) is 0 Å². The number of benzene rings is 4. The lowest BCUT2D eigenvalue weighted by Crippen LogP contribution is -2.02. The molecule has 6 rings (SSSR count). The molecule has 4 nitrogen and oxygen atoms in total. The Bertz CT molecular complexity index is 2110. The minimum atomic E-state index is -2.07. The lowest BCUT2D eigenvalue weighted by molar-refractivity contribution is 0.410. The van der Waals surface area contributed by atoms with Crippen molar-refractivity contribution in [2.24, 2.45) is 0 Å². The Labute approximate surface area is 231 Å². The van der Waals surface area contributed by atoms with E-state index in [1.807, 2.05) is 55.5 Å². The molecule has 0 saturated carbocycles. The third kappa shape index (κ3) is 3.42. The average Bonchev–Trinajstić information content (AvgIpc) is 3.48. The molecule has 2 aliphatic carbocycles. The van der Waals surface area contributed by atoms with E-state index in [1.54, 1.807) is 18.2 Å². The van der Waals surface area contributed by atoms with Crippen molar-refractivity contribution in [1.82, 2.24) is 0 Å². The Morgan fingerprint density at radius 1 is 0.512 bits per heavy atom. The molecule has 4 aromatic rings. The quantitative estimate of drug-likeness (QED) is 0.0917. The van der Waals surface area contributed by atoms with Crippen LogP contribution in [0.3, 0.4) is 0 Å². The number of halogens is 4. The Morgan fingerprint density at radius 2 is 1.05 bits per heavy atom. The molecule has 0 N–H and O–H groups in total. The van der Waals surface area contributed by atoms with Gasteiger partial charge >= 0.3 is 0 Å². The van der Waals surface area contributed by atoms with Gasteiger partial charge in [-0.2, -0.15) is 21.0 Å². The summed E-state index contributed by atoms with van der Waals surface area (Å²) in [5.74, 6) is -7.53. The van der Waals surface area contributed by atoms with Crippen LogP contribution >= 0.6 is 0 Å². The van der Waals surface area contributed by atoms with E-state index < -0.39 is 40.0 Å². The highest BCUT2D eigenvalue weighted by Crippen LogP contribution is 2.55. The standard InChI is InChI=1S/C33H12F4N4/c1-15-3-2-4-16(7-15)17-5-6-20-21-9-24-25(10-23(21)26(22(20)8-17)18(11-38)12-39)28-29(27(24)19(13-40)14-41)31(35)33(37)32(36)30(28)34/h2-10H,1H3. The maximum Gasteiger partial charge on any atom is 0.198 e. The molecular weight excluding hydrogens is 528 g/mol. The van der Waals surface area contributed by atoms with E-state index in [-0.39, 0.29) is 27.8 Å². The Kier molecular flexibility index (Phi) is 5.60. The van der Waals surface area contributed by atoms with E-state index in [2.05, 4.69) is 0 Å². The molecule has 0 heterocycles. The first-order valence-corrected chi connectivity index (χ1v) is 12.1. The highest BCUT2D eigenvalue weighted by atomic mass is 19.2. The predicted molar refractivity (Wildman–Crippen MR) is 142 cm³/mol. The monoisotopic (exact) mass is 540 g/mol. The number of allylic oxidation sites excluding steroid dienone is 2. The Balaban J connectivity index is 1.73. The highest BCUT2D eigenvalue weighted by Gasteiger charge is 2.39. The van der Waals surface area contributed by atoms with Crippen molar-refractivity contribution >= 4 is 11.1 Å². The van der Waals surface area contributed by atoms with Gasteiger partial charge in [-0.25, -0.2) is 17.6 Å². The van der Waals surface area contributed by atoms with E-state index in [0.29, 0.717) is 22.3 Å². The lowest BCUT2D eigenvalue weighted by Gasteiger charge is -2.09. The molecule has 41 heavy (non-hydrogen) atoms. The summed E-state index contributed by atoms with van der Waals surface area (Å²) in [7, 11) is 0. The van der Waals surface area contributed by atoms with Crippen molar-refractivity contribution in [3.8, 4) is 57.7 Å². The molecular formula is C33H12F4N4. The zero-order valence-electron chi connectivity index (χ0n) is 21.0. The number of hydrogen-bond acceptors (Lipinski definition) is 4. The first-order chi connectivity index (χ1) is 19.7. The average molecular weight is 540 g/mol. The van der Waals surface area contributed by atoms with Crippen LogP contribution in [0.25, 0.3) is 44.5 Å². The van der Waals surface area contributed by atoms with E-state index in [1.165, 1.54) is 12.1 Å². The van der Waals surface area contributed by atoms with Crippen LogP contribution in [0.15, 0.2) is 65.7 Å². The fraction of sp³-hybridized carbons (Fsp3) is 0.0303. The summed E-state index contributed by atoms with van der Waals surface area (Å²) in [6.45, 7) is 1.94. The van der Waals surface area contributed by atoms with Gasteiger partial charge in [-0.1, -0.05) is 42.0 Å². The van der Waals surface area contributed by atoms with Crippen LogP contribution in [0.2, 0.25) is 0 Å². The van der Waals surface area contributed by atoms with Crippen molar-refractivity contribution in [1.29, 1.82) is 21.0 Å². The van der Waals surface area contributed by atoms with E-state index in [4.69, 9.17) is 0 Å². The first kappa shape index (κ1) is 25.3. The van der Waals surface area contributed by atoms with Gasteiger partial charge in [0.25, 0.3) is 0 Å². The molecule has 192 valence electrons. The van der Waals surface area contributed by atoms with Gasteiger partial charge in [0.05, 0.1) is 0 Å². The summed E-state index contributed by atoms with van der Waals surface area (Å²) >= 11 is 0. The number of aryl methyl sites for hydroxylation is 1. The summed E-state index contributed by atoms with van der Waals surface area (Å²) in [6.07, 6.45) is 0. The van der Waals surface area contributed by atoms with Crippen molar-refractivity contribution in [3.63, 3.8) is 0 Å². The topological polar surface area (TPSA) is 95.2 Å². The van der Waals surface area contributed by atoms with Crippen LogP contribution in [0.1, 0.15) is 27.8 Å². The molecule has 4 aromatic carbocycles. The SMILES string of the molecule is Cc1cccc(-c2ccc3c(c2)C(=C(C#N)C#N)c2cc4c(cc2-3)C(=C(C#N)C#N)c2c(F)c(F)c(F)c(F)c2-4)c1. The highest BCUT2D eigenvalue weighted by molar-refractivity contribution is 6.11. The van der Waals surface area contributed by atoms with Crippen LogP contribution in [0.4, 0.5) is 17.6 Å². The van der Waals surface area contributed by atoms with Crippen molar-refractivity contribution in [2.75, 3.05) is 0 Å². The molecule has 0 bridgehead atoms. The molecule has 0 amide bonds. The Morgan fingerprint density at radius 3 is 1.68 bits per heavy atom. The molecule has 0 radical (unpaired) electrons. The zero-order chi connectivity index (χ0) is 29.2. The molecule has 0 aromatic heterocycles. The summed E-state index contributed by atoms with van der Waals surface area (Å²) in [5, 5.41) is 38.9. The van der Waals surface area contributed by atoms with Gasteiger partial charge in [-0.3, -0.25) is 0 Å². The fourth-order valence-electron chi connectivity index (χ4n) is 5.63. The van der Waals surface area contributed by atoms with Gasteiger partial charge in [0.1, 0.15) is 35.4 Å². The normalized spacial score (nSPS) is 11.8. The number of hydrogen-bond donors (Lipinski definition) is 0. The molecule has 8 heteroatoms. The molecule has 2 aliphatic rings. The van der Waals surface area contributed by atoms with E-state index in [9.17, 15) is 29.8 Å². The maximum absolute atomic E-state index is 15.3. The van der Waals surface area contributed by atoms with Gasteiger partial charge in [0.15, 0.2) is 23.3 Å². The lowest BCUT2D eigenvalue weighted by atomic mass is 9.93. The third-order valence-corrected chi connectivity index (χ3v) is 7.36. The summed E-state index contributed by atoms with van der Waals surface area (Å²) in [4.78, 5) is 0. The molecule has 0 saturated heterocycles. The molecule has 0 atom stereocenters. The molecule has 0 unspecified atom stereocenters. The smallest absolute Gasteiger partial charge is 0.198 e. The summed E-state index contributed by atoms with van der Waals surface area (Å²) in [5.41, 5.74) is 2.13. The second-order valence-electron chi connectivity index (χ2n) is 9.53. The minimum Gasteiger partial charge on any atom is -0.203 e. The second kappa shape index (κ2) is 9.06. The number of nitrogens with zero attached hydrogens (tertiary/aromatic N) is 4. The van der Waals surface area contributed by atoms with Crippen LogP contribution < -0.4 is 0 Å². The number of fused-ring (bicyclic) bond motifs is 6. The van der Waals surface area contributed by atoms with E-state index >= 15 is 8.78 Å². The fourth-order valence-corrected chi connectivity index (χ4v) is 5.63. The predicted octanol–water partition coefficient (Wildman–Crippen LogP) is 7.88.